The highest BCUT2D eigenvalue weighted by Crippen LogP contribution is 2.11. The summed E-state index contributed by atoms with van der Waals surface area (Å²) < 4.78 is 27.4. The van der Waals surface area contributed by atoms with Gasteiger partial charge in [0.1, 0.15) is 0 Å². The van der Waals surface area contributed by atoms with Gasteiger partial charge in [-0.2, -0.15) is 8.42 Å². The average molecular weight is 390 g/mol. The zero-order chi connectivity index (χ0) is 19.5. The second-order valence-corrected chi connectivity index (χ2v) is 8.37. The summed E-state index contributed by atoms with van der Waals surface area (Å²) in [5.41, 5.74) is 5.17. The van der Waals surface area contributed by atoms with Crippen molar-refractivity contribution in [1.29, 1.82) is 0 Å². The number of carbonyl (C=O) groups excluding carboxylic acids is 1. The smallest absolute Gasteiger partial charge is 0.328 e. The Morgan fingerprint density at radius 3 is 1.88 bits per heavy atom. The standard InChI is InChI=1S/C20H39NO4S/c1-2-3-4-5-6-7-8-9-10-11-12-13-14-15-16-17-20(22)26(23,24)25-19-18-21/h9-10H,2-8,11-19,21H2,1H3/b10-9-. The van der Waals surface area contributed by atoms with Crippen LogP contribution in [0.1, 0.15) is 96.8 Å². The molecule has 0 aliphatic heterocycles. The number of unbranched alkanes of at least 4 members (excludes halogenated alkanes) is 11. The molecule has 0 aromatic rings. The van der Waals surface area contributed by atoms with Gasteiger partial charge in [0.05, 0.1) is 6.61 Å². The van der Waals surface area contributed by atoms with Crippen LogP contribution in [0.15, 0.2) is 12.2 Å². The van der Waals surface area contributed by atoms with E-state index in [1.807, 2.05) is 0 Å². The molecule has 0 saturated heterocycles. The topological polar surface area (TPSA) is 86.5 Å². The van der Waals surface area contributed by atoms with E-state index in [0.717, 1.165) is 32.1 Å². The van der Waals surface area contributed by atoms with Gasteiger partial charge in [0.15, 0.2) is 0 Å². The van der Waals surface area contributed by atoms with Gasteiger partial charge >= 0.3 is 10.1 Å². The molecule has 5 nitrogen and oxygen atoms in total. The predicted molar refractivity (Wildman–Crippen MR) is 108 cm³/mol. The van der Waals surface area contributed by atoms with Crippen LogP contribution in [0.4, 0.5) is 0 Å². The van der Waals surface area contributed by atoms with Gasteiger partial charge in [-0.25, -0.2) is 0 Å². The molecule has 154 valence electrons. The quantitative estimate of drug-likeness (QED) is 0.206. The molecule has 0 radical (unpaired) electrons. The Balaban J connectivity index is 3.43. The van der Waals surface area contributed by atoms with Crippen molar-refractivity contribution in [3.63, 3.8) is 0 Å². The summed E-state index contributed by atoms with van der Waals surface area (Å²) in [4.78, 5) is 11.5. The van der Waals surface area contributed by atoms with Crippen LogP contribution in [0.5, 0.6) is 0 Å². The third kappa shape index (κ3) is 15.5. The molecule has 0 rings (SSSR count). The van der Waals surface area contributed by atoms with Crippen molar-refractivity contribution < 1.29 is 17.4 Å². The maximum atomic E-state index is 11.5. The van der Waals surface area contributed by atoms with Crippen LogP contribution in [0.3, 0.4) is 0 Å². The molecule has 26 heavy (non-hydrogen) atoms. The van der Waals surface area contributed by atoms with E-state index in [1.54, 1.807) is 0 Å². The third-order valence-corrected chi connectivity index (χ3v) is 5.52. The van der Waals surface area contributed by atoms with Gasteiger partial charge in [-0.15, -0.1) is 0 Å². The first-order valence-electron chi connectivity index (χ1n) is 10.3. The van der Waals surface area contributed by atoms with Gasteiger partial charge in [0.25, 0.3) is 5.12 Å². The van der Waals surface area contributed by atoms with Crippen molar-refractivity contribution >= 4 is 15.2 Å². The SMILES string of the molecule is CCCCCCCC/C=C\CCCCCCCC(=O)S(=O)(=O)OCCN. The zero-order valence-corrected chi connectivity index (χ0v) is 17.4. The second kappa shape index (κ2) is 17.7. The molecular weight excluding hydrogens is 350 g/mol. The Bertz CT molecular complexity index is 460. The van der Waals surface area contributed by atoms with Gasteiger partial charge < -0.3 is 5.73 Å². The first-order valence-corrected chi connectivity index (χ1v) is 11.7. The van der Waals surface area contributed by atoms with E-state index in [-0.39, 0.29) is 19.6 Å². The molecule has 0 aromatic carbocycles. The Labute approximate surface area is 160 Å². The average Bonchev–Trinajstić information content (AvgIpc) is 2.63. The van der Waals surface area contributed by atoms with E-state index < -0.39 is 15.2 Å². The van der Waals surface area contributed by atoms with E-state index in [1.165, 1.54) is 44.9 Å². The molecule has 0 saturated carbocycles. The molecule has 0 spiro atoms. The molecule has 2 N–H and O–H groups in total. The largest absolute Gasteiger partial charge is 0.331 e. The molecule has 6 heteroatoms. The molecule has 0 atom stereocenters. The summed E-state index contributed by atoms with van der Waals surface area (Å²) in [6.07, 6.45) is 19.7. The molecule has 0 unspecified atom stereocenters. The van der Waals surface area contributed by atoms with Crippen molar-refractivity contribution in [3.05, 3.63) is 12.2 Å². The van der Waals surface area contributed by atoms with Gasteiger partial charge in [-0.05, 0) is 32.1 Å². The fraction of sp³-hybridized carbons (Fsp3) is 0.850. The van der Waals surface area contributed by atoms with Crippen LogP contribution in [-0.2, 0) is 19.1 Å². The molecule has 0 aliphatic carbocycles. The third-order valence-electron chi connectivity index (χ3n) is 4.28. The minimum Gasteiger partial charge on any atom is -0.328 e. The Hall–Kier alpha value is -0.720. The van der Waals surface area contributed by atoms with Crippen molar-refractivity contribution in [1.82, 2.24) is 0 Å². The highest BCUT2D eigenvalue weighted by Gasteiger charge is 2.21. The number of hydrogen-bond donors (Lipinski definition) is 1. The zero-order valence-electron chi connectivity index (χ0n) is 16.6. The highest BCUT2D eigenvalue weighted by molar-refractivity contribution is 8.02. The van der Waals surface area contributed by atoms with Crippen LogP contribution in [-0.4, -0.2) is 26.7 Å². The number of hydrogen-bond acceptors (Lipinski definition) is 5. The molecule has 0 heterocycles. The van der Waals surface area contributed by atoms with Crippen molar-refractivity contribution in [2.45, 2.75) is 96.8 Å². The number of carbonyl (C=O) groups is 1. The molecular formula is C20H39NO4S. The van der Waals surface area contributed by atoms with Crippen LogP contribution >= 0.6 is 0 Å². The first kappa shape index (κ1) is 25.3. The van der Waals surface area contributed by atoms with Crippen LogP contribution in [0.25, 0.3) is 0 Å². The number of rotatable bonds is 18. The lowest BCUT2D eigenvalue weighted by atomic mass is 10.1. The summed E-state index contributed by atoms with van der Waals surface area (Å²) in [6.45, 7) is 2.19. The highest BCUT2D eigenvalue weighted by atomic mass is 32.2. The van der Waals surface area contributed by atoms with E-state index in [2.05, 4.69) is 23.3 Å². The fourth-order valence-corrected chi connectivity index (χ4v) is 3.53. The Morgan fingerprint density at radius 2 is 1.35 bits per heavy atom. The molecule has 0 aliphatic rings. The molecule has 0 amide bonds. The summed E-state index contributed by atoms with van der Waals surface area (Å²) >= 11 is 0. The fourth-order valence-electron chi connectivity index (χ4n) is 2.69. The first-order chi connectivity index (χ1) is 12.5. The maximum Gasteiger partial charge on any atom is 0.331 e. The maximum absolute atomic E-state index is 11.5. The van der Waals surface area contributed by atoms with E-state index in [4.69, 9.17) is 5.73 Å². The minimum atomic E-state index is -4.07. The Morgan fingerprint density at radius 1 is 0.846 bits per heavy atom. The number of nitrogens with two attached hydrogens (primary N) is 1. The van der Waals surface area contributed by atoms with Crippen molar-refractivity contribution in [2.75, 3.05) is 13.2 Å². The van der Waals surface area contributed by atoms with E-state index in [9.17, 15) is 13.2 Å². The van der Waals surface area contributed by atoms with Crippen LogP contribution in [0, 0.1) is 0 Å². The van der Waals surface area contributed by atoms with Gasteiger partial charge in [0.2, 0.25) is 0 Å². The summed E-state index contributed by atoms with van der Waals surface area (Å²) in [6, 6.07) is 0. The van der Waals surface area contributed by atoms with Gasteiger partial charge in [-0.1, -0.05) is 70.4 Å². The lowest BCUT2D eigenvalue weighted by Crippen LogP contribution is -2.21. The lowest BCUT2D eigenvalue weighted by Gasteiger charge is -2.03. The predicted octanol–water partition coefficient (Wildman–Crippen LogP) is 4.86. The normalized spacial score (nSPS) is 12.1. The van der Waals surface area contributed by atoms with Crippen molar-refractivity contribution in [2.24, 2.45) is 5.73 Å². The monoisotopic (exact) mass is 389 g/mol. The number of allylic oxidation sites excluding steroid dienone is 2. The van der Waals surface area contributed by atoms with Gasteiger partial charge in [0, 0.05) is 13.0 Å². The summed E-state index contributed by atoms with van der Waals surface area (Å²) in [5, 5.41) is -0.830. The van der Waals surface area contributed by atoms with Crippen LogP contribution in [0.2, 0.25) is 0 Å². The lowest BCUT2D eigenvalue weighted by molar-refractivity contribution is -0.112. The Kier molecular flexibility index (Phi) is 17.2. The van der Waals surface area contributed by atoms with Gasteiger partial charge in [-0.3, -0.25) is 8.98 Å². The summed E-state index contributed by atoms with van der Waals surface area (Å²) in [5.74, 6) is 0. The van der Waals surface area contributed by atoms with E-state index >= 15 is 0 Å². The van der Waals surface area contributed by atoms with Crippen molar-refractivity contribution in [3.8, 4) is 0 Å². The minimum absolute atomic E-state index is 0.0328. The molecule has 0 bridgehead atoms. The second-order valence-electron chi connectivity index (χ2n) is 6.77. The van der Waals surface area contributed by atoms with Crippen LogP contribution < -0.4 is 5.73 Å². The molecule has 0 aromatic heterocycles. The molecule has 0 fully saturated rings. The summed E-state index contributed by atoms with van der Waals surface area (Å²) in [7, 11) is -4.07. The van der Waals surface area contributed by atoms with E-state index in [0.29, 0.717) is 6.42 Å².